The van der Waals surface area contributed by atoms with Gasteiger partial charge in [0, 0.05) is 18.3 Å². The minimum atomic E-state index is -0.106. The van der Waals surface area contributed by atoms with Crippen molar-refractivity contribution in [3.05, 3.63) is 48.3 Å². The summed E-state index contributed by atoms with van der Waals surface area (Å²) >= 11 is 0. The lowest BCUT2D eigenvalue weighted by atomic mass is 9.92. The molecule has 1 amide bonds. The van der Waals surface area contributed by atoms with Gasteiger partial charge in [0.1, 0.15) is 0 Å². The van der Waals surface area contributed by atoms with E-state index in [9.17, 15) is 4.79 Å². The number of amides is 1. The summed E-state index contributed by atoms with van der Waals surface area (Å²) in [6.07, 6.45) is 5.66. The van der Waals surface area contributed by atoms with E-state index in [0.29, 0.717) is 5.69 Å². The van der Waals surface area contributed by atoms with Gasteiger partial charge in [0.05, 0.1) is 5.69 Å². The summed E-state index contributed by atoms with van der Waals surface area (Å²) in [5.41, 5.74) is 7.28. The zero-order chi connectivity index (χ0) is 14.7. The lowest BCUT2D eigenvalue weighted by molar-refractivity contribution is 0.0920. The van der Waals surface area contributed by atoms with E-state index in [1.54, 1.807) is 16.9 Å². The van der Waals surface area contributed by atoms with E-state index in [-0.39, 0.29) is 18.0 Å². The molecule has 5 nitrogen and oxygen atoms in total. The maximum atomic E-state index is 12.2. The van der Waals surface area contributed by atoms with Crippen LogP contribution in [-0.4, -0.2) is 27.8 Å². The Balaban J connectivity index is 1.64. The molecule has 0 saturated heterocycles. The lowest BCUT2D eigenvalue weighted by Crippen LogP contribution is -2.40. The average Bonchev–Trinajstić information content (AvgIpc) is 3.00. The smallest absolute Gasteiger partial charge is 0.272 e. The molecular formula is C16H20N4O. The highest BCUT2D eigenvalue weighted by Gasteiger charge is 2.21. The van der Waals surface area contributed by atoms with Crippen molar-refractivity contribution >= 4 is 5.91 Å². The van der Waals surface area contributed by atoms with E-state index in [4.69, 9.17) is 5.73 Å². The number of carbonyl (C=O) groups excluding carboxylic acids is 1. The van der Waals surface area contributed by atoms with Gasteiger partial charge in [-0.1, -0.05) is 18.2 Å². The molecule has 1 fully saturated rings. The zero-order valence-corrected chi connectivity index (χ0v) is 11.9. The van der Waals surface area contributed by atoms with Crippen LogP contribution in [0.15, 0.2) is 42.6 Å². The molecule has 21 heavy (non-hydrogen) atoms. The normalized spacial score (nSPS) is 22.0. The van der Waals surface area contributed by atoms with Gasteiger partial charge >= 0.3 is 0 Å². The Kier molecular flexibility index (Phi) is 4.01. The topological polar surface area (TPSA) is 72.9 Å². The van der Waals surface area contributed by atoms with Crippen molar-refractivity contribution < 1.29 is 4.79 Å². The minimum Gasteiger partial charge on any atom is -0.348 e. The van der Waals surface area contributed by atoms with Crippen LogP contribution in [0.4, 0.5) is 0 Å². The first kappa shape index (κ1) is 13.8. The van der Waals surface area contributed by atoms with Crippen molar-refractivity contribution in [1.29, 1.82) is 0 Å². The largest absolute Gasteiger partial charge is 0.348 e. The maximum Gasteiger partial charge on any atom is 0.272 e. The number of carbonyl (C=O) groups is 1. The van der Waals surface area contributed by atoms with Crippen LogP contribution >= 0.6 is 0 Å². The molecule has 1 heterocycles. The zero-order valence-electron chi connectivity index (χ0n) is 11.9. The Morgan fingerprint density at radius 3 is 2.57 bits per heavy atom. The third-order valence-corrected chi connectivity index (χ3v) is 3.95. The number of nitrogens with one attached hydrogen (secondary N) is 1. The van der Waals surface area contributed by atoms with Crippen LogP contribution in [0.25, 0.3) is 5.69 Å². The molecule has 0 spiro atoms. The molecule has 0 bridgehead atoms. The van der Waals surface area contributed by atoms with E-state index in [0.717, 1.165) is 31.4 Å². The Labute approximate surface area is 124 Å². The van der Waals surface area contributed by atoms with Crippen molar-refractivity contribution in [2.75, 3.05) is 0 Å². The number of hydrogen-bond donors (Lipinski definition) is 2. The van der Waals surface area contributed by atoms with Crippen molar-refractivity contribution in [1.82, 2.24) is 15.1 Å². The monoisotopic (exact) mass is 284 g/mol. The third-order valence-electron chi connectivity index (χ3n) is 3.95. The third kappa shape index (κ3) is 3.31. The predicted molar refractivity (Wildman–Crippen MR) is 81.3 cm³/mol. The number of rotatable bonds is 3. The fraction of sp³-hybridized carbons (Fsp3) is 0.375. The van der Waals surface area contributed by atoms with E-state index in [1.165, 1.54) is 0 Å². The molecule has 2 aromatic rings. The molecule has 0 radical (unpaired) electrons. The standard InChI is InChI=1S/C16H20N4O/c17-12-6-8-13(9-7-12)18-16(21)15-10-11-20(19-15)14-4-2-1-3-5-14/h1-5,10-13H,6-9,17H2,(H,18,21). The summed E-state index contributed by atoms with van der Waals surface area (Å²) < 4.78 is 1.71. The predicted octanol–water partition coefficient (Wildman–Crippen LogP) is 1.87. The van der Waals surface area contributed by atoms with E-state index < -0.39 is 0 Å². The van der Waals surface area contributed by atoms with Crippen LogP contribution in [-0.2, 0) is 0 Å². The van der Waals surface area contributed by atoms with Gasteiger partial charge in [0.25, 0.3) is 5.91 Å². The first-order valence-corrected chi connectivity index (χ1v) is 7.40. The van der Waals surface area contributed by atoms with Crippen LogP contribution in [0.1, 0.15) is 36.2 Å². The average molecular weight is 284 g/mol. The molecule has 0 atom stereocenters. The summed E-state index contributed by atoms with van der Waals surface area (Å²) in [7, 11) is 0. The Hall–Kier alpha value is -2.14. The van der Waals surface area contributed by atoms with Crippen LogP contribution in [0.3, 0.4) is 0 Å². The van der Waals surface area contributed by atoms with Crippen molar-refractivity contribution in [2.45, 2.75) is 37.8 Å². The van der Waals surface area contributed by atoms with Gasteiger partial charge in [-0.15, -0.1) is 0 Å². The van der Waals surface area contributed by atoms with Gasteiger partial charge in [-0.05, 0) is 43.9 Å². The molecule has 110 valence electrons. The molecule has 3 rings (SSSR count). The second-order valence-corrected chi connectivity index (χ2v) is 5.57. The Morgan fingerprint density at radius 2 is 1.86 bits per heavy atom. The summed E-state index contributed by atoms with van der Waals surface area (Å²) in [5.74, 6) is -0.106. The number of benzene rings is 1. The van der Waals surface area contributed by atoms with Crippen LogP contribution in [0.5, 0.6) is 0 Å². The van der Waals surface area contributed by atoms with Crippen molar-refractivity contribution in [3.63, 3.8) is 0 Å². The highest BCUT2D eigenvalue weighted by atomic mass is 16.2. The number of nitrogens with zero attached hydrogens (tertiary/aromatic N) is 2. The first-order chi connectivity index (χ1) is 10.2. The van der Waals surface area contributed by atoms with E-state index in [2.05, 4.69) is 10.4 Å². The van der Waals surface area contributed by atoms with E-state index >= 15 is 0 Å². The molecule has 5 heteroatoms. The van der Waals surface area contributed by atoms with Crippen LogP contribution in [0.2, 0.25) is 0 Å². The summed E-state index contributed by atoms with van der Waals surface area (Å²) in [4.78, 5) is 12.2. The lowest BCUT2D eigenvalue weighted by Gasteiger charge is -2.26. The SMILES string of the molecule is NC1CCC(NC(=O)c2ccn(-c3ccccc3)n2)CC1. The van der Waals surface area contributed by atoms with E-state index in [1.807, 2.05) is 30.3 Å². The minimum absolute atomic E-state index is 0.106. The van der Waals surface area contributed by atoms with Gasteiger partial charge in [-0.3, -0.25) is 4.79 Å². The maximum absolute atomic E-state index is 12.2. The summed E-state index contributed by atoms with van der Waals surface area (Å²) in [6.45, 7) is 0. The molecular weight excluding hydrogens is 264 g/mol. The highest BCUT2D eigenvalue weighted by molar-refractivity contribution is 5.92. The molecule has 1 aliphatic rings. The number of para-hydroxylation sites is 1. The Morgan fingerprint density at radius 1 is 1.14 bits per heavy atom. The molecule has 0 aliphatic heterocycles. The Bertz CT molecular complexity index is 600. The molecule has 1 aromatic heterocycles. The molecule has 3 N–H and O–H groups in total. The second kappa shape index (κ2) is 6.10. The number of nitrogens with two attached hydrogens (primary N) is 1. The van der Waals surface area contributed by atoms with Crippen LogP contribution in [0, 0.1) is 0 Å². The summed E-state index contributed by atoms with van der Waals surface area (Å²) in [5, 5.41) is 7.39. The fourth-order valence-corrected chi connectivity index (χ4v) is 2.69. The second-order valence-electron chi connectivity index (χ2n) is 5.57. The van der Waals surface area contributed by atoms with Crippen LogP contribution < -0.4 is 11.1 Å². The van der Waals surface area contributed by atoms with Gasteiger partial charge in [0.2, 0.25) is 0 Å². The quantitative estimate of drug-likeness (QED) is 0.903. The van der Waals surface area contributed by atoms with Gasteiger partial charge in [-0.25, -0.2) is 4.68 Å². The molecule has 1 aliphatic carbocycles. The van der Waals surface area contributed by atoms with Gasteiger partial charge in [0.15, 0.2) is 5.69 Å². The first-order valence-electron chi connectivity index (χ1n) is 7.40. The fourth-order valence-electron chi connectivity index (χ4n) is 2.69. The molecule has 1 aromatic carbocycles. The summed E-state index contributed by atoms with van der Waals surface area (Å²) in [6, 6.07) is 12.0. The number of aromatic nitrogens is 2. The molecule has 1 saturated carbocycles. The van der Waals surface area contributed by atoms with Crippen molar-refractivity contribution in [2.24, 2.45) is 5.73 Å². The van der Waals surface area contributed by atoms with Gasteiger partial charge in [-0.2, -0.15) is 5.10 Å². The van der Waals surface area contributed by atoms with Crippen molar-refractivity contribution in [3.8, 4) is 5.69 Å². The molecule has 0 unspecified atom stereocenters. The highest BCUT2D eigenvalue weighted by Crippen LogP contribution is 2.17. The van der Waals surface area contributed by atoms with Gasteiger partial charge < -0.3 is 11.1 Å². The number of hydrogen-bond acceptors (Lipinski definition) is 3.